The Balaban J connectivity index is 1.34. The predicted molar refractivity (Wildman–Crippen MR) is 125 cm³/mol. The van der Waals surface area contributed by atoms with Gasteiger partial charge < -0.3 is 14.8 Å². The van der Waals surface area contributed by atoms with Crippen LogP contribution in [0.1, 0.15) is 21.7 Å². The van der Waals surface area contributed by atoms with E-state index in [0.717, 1.165) is 26.9 Å². The highest BCUT2D eigenvalue weighted by molar-refractivity contribution is 7.80. The number of amides is 1. The lowest BCUT2D eigenvalue weighted by Crippen LogP contribution is -2.38. The van der Waals surface area contributed by atoms with Crippen molar-refractivity contribution in [2.24, 2.45) is 0 Å². The Morgan fingerprint density at radius 2 is 1.84 bits per heavy atom. The molecule has 0 spiro atoms. The summed E-state index contributed by atoms with van der Waals surface area (Å²) in [6.45, 7) is 2.33. The lowest BCUT2D eigenvalue weighted by Gasteiger charge is -2.12. The molecular formula is C21H20N6O3S2. The average molecular weight is 469 g/mol. The first kappa shape index (κ1) is 21.7. The minimum absolute atomic E-state index is 0.234. The highest BCUT2D eigenvalue weighted by Gasteiger charge is 2.13. The van der Waals surface area contributed by atoms with Gasteiger partial charge in [-0.1, -0.05) is 35.6 Å². The summed E-state index contributed by atoms with van der Waals surface area (Å²) in [5, 5.41) is 19.5. The normalized spacial score (nSPS) is 10.7. The number of aromatic nitrogens is 4. The van der Waals surface area contributed by atoms with E-state index in [1.165, 1.54) is 25.6 Å². The van der Waals surface area contributed by atoms with Gasteiger partial charge in [-0.3, -0.25) is 10.1 Å². The highest BCUT2D eigenvalue weighted by Crippen LogP contribution is 2.27. The minimum atomic E-state index is -0.336. The van der Waals surface area contributed by atoms with Gasteiger partial charge in [-0.05, 0) is 42.9 Å². The largest absolute Gasteiger partial charge is 0.493 e. The van der Waals surface area contributed by atoms with Crippen LogP contribution in [0.5, 0.6) is 11.5 Å². The molecule has 1 amide bonds. The van der Waals surface area contributed by atoms with E-state index in [-0.39, 0.29) is 11.0 Å². The minimum Gasteiger partial charge on any atom is -0.493 e. The van der Waals surface area contributed by atoms with Crippen LogP contribution in [0.2, 0.25) is 0 Å². The summed E-state index contributed by atoms with van der Waals surface area (Å²) < 4.78 is 12.2. The molecule has 9 nitrogen and oxygen atoms in total. The Morgan fingerprint density at radius 3 is 2.53 bits per heavy atom. The quantitative estimate of drug-likeness (QED) is 0.417. The maximum atomic E-state index is 12.5. The van der Waals surface area contributed by atoms with Gasteiger partial charge in [0.05, 0.1) is 14.2 Å². The van der Waals surface area contributed by atoms with Crippen LogP contribution < -0.4 is 20.1 Å². The van der Waals surface area contributed by atoms with E-state index < -0.39 is 0 Å². The highest BCUT2D eigenvalue weighted by atomic mass is 32.1. The standard InChI is InChI=1S/C21H20N6O3S2/c1-12-24-25-21-27(12)26-19(32-21)14-6-4-13(5-7-14)11-22-20(31)23-18(28)15-8-9-16(29-2)17(10-15)30-3/h4-10H,11H2,1-3H3,(H2,22,23,28,31). The summed E-state index contributed by atoms with van der Waals surface area (Å²) in [4.78, 5) is 13.2. The van der Waals surface area contributed by atoms with Crippen molar-refractivity contribution in [1.82, 2.24) is 30.4 Å². The second-order valence-electron chi connectivity index (χ2n) is 6.75. The number of nitrogens with zero attached hydrogens (tertiary/aromatic N) is 4. The van der Waals surface area contributed by atoms with Gasteiger partial charge in [0.1, 0.15) is 5.01 Å². The van der Waals surface area contributed by atoms with Crippen molar-refractivity contribution in [2.45, 2.75) is 13.5 Å². The van der Waals surface area contributed by atoms with E-state index in [1.54, 1.807) is 22.7 Å². The van der Waals surface area contributed by atoms with Gasteiger partial charge in [-0.15, -0.1) is 10.2 Å². The molecule has 32 heavy (non-hydrogen) atoms. The first-order valence-electron chi connectivity index (χ1n) is 9.58. The fourth-order valence-electron chi connectivity index (χ4n) is 2.98. The summed E-state index contributed by atoms with van der Waals surface area (Å²) in [7, 11) is 3.05. The van der Waals surface area contributed by atoms with Gasteiger partial charge in [0, 0.05) is 17.7 Å². The monoisotopic (exact) mass is 468 g/mol. The van der Waals surface area contributed by atoms with Gasteiger partial charge in [0.25, 0.3) is 5.91 Å². The second-order valence-corrected chi connectivity index (χ2v) is 8.12. The van der Waals surface area contributed by atoms with Crippen LogP contribution in [-0.4, -0.2) is 45.1 Å². The average Bonchev–Trinajstić information content (AvgIpc) is 3.39. The fourth-order valence-corrected chi connectivity index (χ4v) is 4.03. The Hall–Kier alpha value is -3.57. The van der Waals surface area contributed by atoms with Crippen molar-refractivity contribution in [1.29, 1.82) is 0 Å². The molecule has 11 heteroatoms. The van der Waals surface area contributed by atoms with E-state index in [0.29, 0.717) is 23.6 Å². The van der Waals surface area contributed by atoms with Gasteiger partial charge in [0.15, 0.2) is 22.4 Å². The molecular weight excluding hydrogens is 448 g/mol. The fraction of sp³-hybridized carbons (Fsp3) is 0.190. The zero-order chi connectivity index (χ0) is 22.7. The third-order valence-electron chi connectivity index (χ3n) is 4.67. The van der Waals surface area contributed by atoms with Crippen molar-refractivity contribution < 1.29 is 14.3 Å². The van der Waals surface area contributed by atoms with Crippen LogP contribution in [0.3, 0.4) is 0 Å². The number of nitrogens with one attached hydrogen (secondary N) is 2. The lowest BCUT2D eigenvalue weighted by molar-refractivity contribution is 0.0976. The molecule has 2 aromatic heterocycles. The number of fused-ring (bicyclic) bond motifs is 1. The number of methoxy groups -OCH3 is 2. The maximum Gasteiger partial charge on any atom is 0.257 e. The van der Waals surface area contributed by atoms with Gasteiger partial charge in [-0.2, -0.15) is 9.61 Å². The van der Waals surface area contributed by atoms with Crippen LogP contribution in [-0.2, 0) is 6.54 Å². The van der Waals surface area contributed by atoms with Gasteiger partial charge in [-0.25, -0.2) is 0 Å². The number of benzene rings is 2. The molecule has 4 aromatic rings. The summed E-state index contributed by atoms with van der Waals surface area (Å²) in [5.74, 6) is 1.44. The van der Waals surface area contributed by atoms with Crippen molar-refractivity contribution in [2.75, 3.05) is 14.2 Å². The van der Waals surface area contributed by atoms with Crippen LogP contribution >= 0.6 is 23.6 Å². The summed E-state index contributed by atoms with van der Waals surface area (Å²) in [6, 6.07) is 12.9. The molecule has 0 bridgehead atoms. The Bertz CT molecular complexity index is 1280. The van der Waals surface area contributed by atoms with Crippen molar-refractivity contribution in [3.8, 4) is 22.1 Å². The number of carbonyl (C=O) groups is 1. The number of hydrogen-bond acceptors (Lipinski definition) is 8. The van der Waals surface area contributed by atoms with Crippen LogP contribution in [0, 0.1) is 6.92 Å². The number of thiocarbonyl (C=S) groups is 1. The number of aryl methyl sites for hydroxylation is 1. The molecule has 0 atom stereocenters. The molecule has 4 rings (SSSR count). The molecule has 0 aliphatic rings. The topological polar surface area (TPSA) is 103 Å². The first-order chi connectivity index (χ1) is 15.5. The van der Waals surface area contributed by atoms with Crippen LogP contribution in [0.25, 0.3) is 15.5 Å². The summed E-state index contributed by atoms with van der Waals surface area (Å²) in [5.41, 5.74) is 2.42. The molecule has 0 radical (unpaired) electrons. The smallest absolute Gasteiger partial charge is 0.257 e. The first-order valence-corrected chi connectivity index (χ1v) is 10.8. The number of carbonyl (C=O) groups excluding carboxylic acids is 1. The molecule has 0 unspecified atom stereocenters. The number of rotatable bonds is 6. The van der Waals surface area contributed by atoms with Gasteiger partial charge in [0.2, 0.25) is 4.96 Å². The van der Waals surface area contributed by atoms with E-state index in [4.69, 9.17) is 21.7 Å². The molecule has 2 aromatic carbocycles. The van der Waals surface area contributed by atoms with E-state index in [2.05, 4.69) is 25.9 Å². The molecule has 0 saturated carbocycles. The Morgan fingerprint density at radius 1 is 1.09 bits per heavy atom. The molecule has 164 valence electrons. The Kier molecular flexibility index (Phi) is 6.28. The second kappa shape index (κ2) is 9.28. The van der Waals surface area contributed by atoms with Crippen molar-refractivity contribution in [3.63, 3.8) is 0 Å². The number of ether oxygens (including phenoxy) is 2. The molecule has 0 aliphatic heterocycles. The van der Waals surface area contributed by atoms with Gasteiger partial charge >= 0.3 is 0 Å². The molecule has 0 fully saturated rings. The molecule has 0 aliphatic carbocycles. The van der Waals surface area contributed by atoms with E-state index >= 15 is 0 Å². The number of hydrogen-bond donors (Lipinski definition) is 2. The molecule has 0 saturated heterocycles. The maximum absolute atomic E-state index is 12.5. The third-order valence-corrected chi connectivity index (χ3v) is 5.87. The Labute approximate surface area is 193 Å². The lowest BCUT2D eigenvalue weighted by atomic mass is 10.1. The van der Waals surface area contributed by atoms with Crippen LogP contribution in [0.15, 0.2) is 42.5 Å². The SMILES string of the molecule is COc1ccc(C(=O)NC(=S)NCc2ccc(-c3nn4c(C)nnc4s3)cc2)cc1OC. The van der Waals surface area contributed by atoms with E-state index in [1.807, 2.05) is 31.2 Å². The van der Waals surface area contributed by atoms with Crippen molar-refractivity contribution in [3.05, 3.63) is 59.4 Å². The molecule has 2 N–H and O–H groups in total. The predicted octanol–water partition coefficient (Wildman–Crippen LogP) is 2.98. The van der Waals surface area contributed by atoms with Crippen LogP contribution in [0.4, 0.5) is 0 Å². The molecule has 2 heterocycles. The third kappa shape index (κ3) is 4.53. The summed E-state index contributed by atoms with van der Waals surface area (Å²) in [6.07, 6.45) is 0. The van der Waals surface area contributed by atoms with E-state index in [9.17, 15) is 4.79 Å². The summed E-state index contributed by atoms with van der Waals surface area (Å²) >= 11 is 6.74. The zero-order valence-electron chi connectivity index (χ0n) is 17.6. The zero-order valence-corrected chi connectivity index (χ0v) is 19.2. The van der Waals surface area contributed by atoms with Crippen molar-refractivity contribution >= 4 is 39.5 Å².